The summed E-state index contributed by atoms with van der Waals surface area (Å²) >= 11 is 0. The Balaban J connectivity index is 2.91. The lowest BCUT2D eigenvalue weighted by Gasteiger charge is -2.09. The van der Waals surface area contributed by atoms with Gasteiger partial charge in [0.05, 0.1) is 12.6 Å². The molecule has 0 aliphatic rings. The van der Waals surface area contributed by atoms with Crippen LogP contribution in [0, 0.1) is 0 Å². The van der Waals surface area contributed by atoms with Crippen molar-refractivity contribution < 1.29 is 27.5 Å². The van der Waals surface area contributed by atoms with Crippen LogP contribution in [0.5, 0.6) is 5.75 Å². The van der Waals surface area contributed by atoms with E-state index in [2.05, 4.69) is 0 Å². The summed E-state index contributed by atoms with van der Waals surface area (Å²) < 4.78 is 44.8. The summed E-state index contributed by atoms with van der Waals surface area (Å²) in [5.74, 6) is 0.349. The number of hydrogen-bond donors (Lipinski definition) is 0. The molecule has 1 aromatic heterocycles. The van der Waals surface area contributed by atoms with Gasteiger partial charge in [-0.3, -0.25) is 9.36 Å². The minimum atomic E-state index is -4.73. The zero-order valence-corrected chi connectivity index (χ0v) is 10.4. The van der Waals surface area contributed by atoms with E-state index in [-0.39, 0.29) is 22.9 Å². The molecule has 20 heavy (non-hydrogen) atoms. The third kappa shape index (κ3) is 2.15. The molecule has 0 radical (unpaired) electrons. The van der Waals surface area contributed by atoms with E-state index in [1.54, 1.807) is 0 Å². The third-order valence-corrected chi connectivity index (χ3v) is 2.98. The number of alkyl halides is 3. The van der Waals surface area contributed by atoms with E-state index in [4.69, 9.17) is 4.74 Å². The maximum atomic E-state index is 13.1. The Morgan fingerprint density at radius 2 is 2.00 bits per heavy atom. The van der Waals surface area contributed by atoms with Crippen LogP contribution in [0.2, 0.25) is 0 Å². The molecule has 0 unspecified atom stereocenters. The van der Waals surface area contributed by atoms with Gasteiger partial charge in [0.25, 0.3) is 0 Å². The molecule has 2 aromatic rings. The second-order valence-corrected chi connectivity index (χ2v) is 4.05. The van der Waals surface area contributed by atoms with Crippen LogP contribution in [0.25, 0.3) is 10.9 Å². The van der Waals surface area contributed by atoms with Crippen molar-refractivity contribution >= 4 is 23.6 Å². The van der Waals surface area contributed by atoms with Crippen LogP contribution < -0.4 is 4.74 Å². The number of nitrogens with zero attached hydrogens (tertiary/aromatic N) is 1. The minimum Gasteiger partial charge on any atom is -0.497 e. The lowest BCUT2D eigenvalue weighted by Crippen LogP contribution is -2.15. The molecular formula is C13H10F3NO3. The second kappa shape index (κ2) is 4.99. The number of halogens is 3. The number of methoxy groups -OCH3 is 1. The number of rotatable bonds is 4. The quantitative estimate of drug-likeness (QED) is 0.811. The van der Waals surface area contributed by atoms with Crippen LogP contribution in [0.3, 0.4) is 0 Å². The molecule has 106 valence electrons. The van der Waals surface area contributed by atoms with Crippen molar-refractivity contribution in [3.05, 3.63) is 29.5 Å². The first-order valence-corrected chi connectivity index (χ1v) is 5.61. The van der Waals surface area contributed by atoms with Crippen LogP contribution in [0.15, 0.2) is 18.2 Å². The third-order valence-electron chi connectivity index (χ3n) is 2.98. The number of carbonyl (C=O) groups excluding carboxylic acids is 2. The average molecular weight is 285 g/mol. The first-order valence-electron chi connectivity index (χ1n) is 5.61. The van der Waals surface area contributed by atoms with Gasteiger partial charge < -0.3 is 9.53 Å². The number of benzene rings is 1. The van der Waals surface area contributed by atoms with E-state index in [9.17, 15) is 22.8 Å². The summed E-state index contributed by atoms with van der Waals surface area (Å²) in [5.41, 5.74) is -1.26. The molecule has 4 nitrogen and oxygen atoms in total. The molecule has 0 atom stereocenters. The summed E-state index contributed by atoms with van der Waals surface area (Å²) in [6.45, 7) is 0. The lowest BCUT2D eigenvalue weighted by atomic mass is 10.1. The van der Waals surface area contributed by atoms with Crippen molar-refractivity contribution in [2.45, 2.75) is 12.6 Å². The van der Waals surface area contributed by atoms with E-state index in [1.165, 1.54) is 25.3 Å². The van der Waals surface area contributed by atoms with Gasteiger partial charge >= 0.3 is 6.18 Å². The molecule has 2 rings (SSSR count). The fourth-order valence-corrected chi connectivity index (χ4v) is 2.19. The molecule has 0 bridgehead atoms. The summed E-state index contributed by atoms with van der Waals surface area (Å²) in [6.07, 6.45) is -4.70. The van der Waals surface area contributed by atoms with Crippen molar-refractivity contribution in [1.82, 2.24) is 4.57 Å². The van der Waals surface area contributed by atoms with Crippen LogP contribution in [-0.4, -0.2) is 24.4 Å². The predicted molar refractivity (Wildman–Crippen MR) is 65.4 cm³/mol. The Morgan fingerprint density at radius 3 is 2.50 bits per heavy atom. The zero-order chi connectivity index (χ0) is 14.9. The van der Waals surface area contributed by atoms with Gasteiger partial charge in [-0.05, 0) is 23.8 Å². The maximum absolute atomic E-state index is 13.1. The smallest absolute Gasteiger partial charge is 0.432 e. The van der Waals surface area contributed by atoms with Gasteiger partial charge in [0.15, 0.2) is 0 Å². The van der Waals surface area contributed by atoms with Gasteiger partial charge in [0.1, 0.15) is 17.7 Å². The van der Waals surface area contributed by atoms with E-state index < -0.39 is 18.3 Å². The van der Waals surface area contributed by atoms with Crippen LogP contribution >= 0.6 is 0 Å². The molecule has 0 amide bonds. The predicted octanol–water partition coefficient (Wildman–Crippen LogP) is 2.45. The molecule has 1 aromatic carbocycles. The summed E-state index contributed by atoms with van der Waals surface area (Å²) in [5, 5.41) is 0.177. The van der Waals surface area contributed by atoms with Crippen molar-refractivity contribution in [2.24, 2.45) is 0 Å². The van der Waals surface area contributed by atoms with Gasteiger partial charge in [0.2, 0.25) is 6.41 Å². The number of hydrogen-bond acceptors (Lipinski definition) is 3. The number of ether oxygens (including phenoxy) is 1. The molecule has 0 spiro atoms. The molecule has 0 aliphatic carbocycles. The van der Waals surface area contributed by atoms with Crippen LogP contribution in [0.4, 0.5) is 13.2 Å². The first-order chi connectivity index (χ1) is 9.43. The standard InChI is InChI=1S/C13H10F3NO3/c1-20-8-2-3-11-10(6-8)9(4-5-18)12(13(14,15)16)17(11)7-19/h2-3,5-7H,4H2,1H3. The maximum Gasteiger partial charge on any atom is 0.432 e. The number of fused-ring (bicyclic) bond motifs is 1. The molecule has 0 saturated carbocycles. The van der Waals surface area contributed by atoms with Crippen molar-refractivity contribution in [2.75, 3.05) is 7.11 Å². The lowest BCUT2D eigenvalue weighted by molar-refractivity contribution is -0.142. The highest BCUT2D eigenvalue weighted by Crippen LogP contribution is 2.38. The van der Waals surface area contributed by atoms with Gasteiger partial charge in [-0.1, -0.05) is 0 Å². The number of aldehydes is 1. The number of carbonyl (C=O) groups is 2. The molecule has 7 heteroatoms. The highest BCUT2D eigenvalue weighted by molar-refractivity contribution is 5.93. The van der Waals surface area contributed by atoms with E-state index in [1.807, 2.05) is 0 Å². The first kappa shape index (κ1) is 14.1. The Bertz CT molecular complexity index is 674. The summed E-state index contributed by atoms with van der Waals surface area (Å²) in [4.78, 5) is 21.7. The molecule has 0 fully saturated rings. The second-order valence-electron chi connectivity index (χ2n) is 4.05. The van der Waals surface area contributed by atoms with Crippen LogP contribution in [0.1, 0.15) is 11.3 Å². The zero-order valence-electron chi connectivity index (χ0n) is 10.4. The van der Waals surface area contributed by atoms with Gasteiger partial charge in [0, 0.05) is 11.8 Å². The fourth-order valence-electron chi connectivity index (χ4n) is 2.19. The van der Waals surface area contributed by atoms with Crippen LogP contribution in [-0.2, 0) is 22.2 Å². The summed E-state index contributed by atoms with van der Waals surface area (Å²) in [6, 6.07) is 4.18. The summed E-state index contributed by atoms with van der Waals surface area (Å²) in [7, 11) is 1.38. The Kier molecular flexibility index (Phi) is 3.52. The normalized spacial score (nSPS) is 11.6. The SMILES string of the molecule is COc1ccc2c(c1)c(CC=O)c(C(F)(F)F)n2C=O. The van der Waals surface area contributed by atoms with E-state index in [0.29, 0.717) is 16.6 Å². The number of aromatic nitrogens is 1. The average Bonchev–Trinajstić information content (AvgIpc) is 2.72. The van der Waals surface area contributed by atoms with Crippen molar-refractivity contribution in [1.29, 1.82) is 0 Å². The Hall–Kier alpha value is -2.31. The molecule has 0 saturated heterocycles. The minimum absolute atomic E-state index is 0.0879. The van der Waals surface area contributed by atoms with E-state index in [0.717, 1.165) is 0 Å². The molecule has 0 N–H and O–H groups in total. The van der Waals surface area contributed by atoms with Gasteiger partial charge in [-0.2, -0.15) is 13.2 Å². The Labute approximate surface area is 111 Å². The highest BCUT2D eigenvalue weighted by atomic mass is 19.4. The van der Waals surface area contributed by atoms with Gasteiger partial charge in [-0.15, -0.1) is 0 Å². The van der Waals surface area contributed by atoms with Gasteiger partial charge in [-0.25, -0.2) is 0 Å². The van der Waals surface area contributed by atoms with E-state index >= 15 is 0 Å². The molecular weight excluding hydrogens is 275 g/mol. The fraction of sp³-hybridized carbons (Fsp3) is 0.231. The molecule has 1 heterocycles. The highest BCUT2D eigenvalue weighted by Gasteiger charge is 2.39. The molecule has 0 aliphatic heterocycles. The monoisotopic (exact) mass is 285 g/mol. The van der Waals surface area contributed by atoms with Crippen molar-refractivity contribution in [3.63, 3.8) is 0 Å². The topological polar surface area (TPSA) is 48.3 Å². The Morgan fingerprint density at radius 1 is 1.30 bits per heavy atom. The van der Waals surface area contributed by atoms with Crippen molar-refractivity contribution in [3.8, 4) is 5.75 Å². The largest absolute Gasteiger partial charge is 0.497 e.